The summed E-state index contributed by atoms with van der Waals surface area (Å²) >= 11 is 0. The Labute approximate surface area is 142 Å². The standard InChI is InChI=1S/C18H23NO4S/c1-14-7-9-18(20,10-8-14)13-24(21,22)12-16-11-23-17(19-16)15-5-3-2-4-6-15/h2-6,11,14,20H,7-10,12-13H2,1H3. The van der Waals surface area contributed by atoms with E-state index in [4.69, 9.17) is 4.42 Å². The van der Waals surface area contributed by atoms with Crippen LogP contribution in [0.4, 0.5) is 0 Å². The molecule has 0 saturated heterocycles. The third-order valence-electron chi connectivity index (χ3n) is 4.63. The lowest BCUT2D eigenvalue weighted by molar-refractivity contribution is 0.0135. The van der Waals surface area contributed by atoms with E-state index in [0.29, 0.717) is 30.3 Å². The second-order valence-corrected chi connectivity index (χ2v) is 9.01. The molecule has 1 aromatic heterocycles. The monoisotopic (exact) mass is 349 g/mol. The number of aromatic nitrogens is 1. The molecule has 5 nitrogen and oxygen atoms in total. The predicted octanol–water partition coefficient (Wildman–Crippen LogP) is 3.20. The van der Waals surface area contributed by atoms with E-state index in [2.05, 4.69) is 11.9 Å². The van der Waals surface area contributed by atoms with E-state index in [-0.39, 0.29) is 11.5 Å². The molecule has 1 fully saturated rings. The molecule has 0 aliphatic heterocycles. The van der Waals surface area contributed by atoms with Crippen LogP contribution in [0, 0.1) is 5.92 Å². The molecule has 24 heavy (non-hydrogen) atoms. The van der Waals surface area contributed by atoms with Crippen LogP contribution in [0.25, 0.3) is 11.5 Å². The van der Waals surface area contributed by atoms with Crippen molar-refractivity contribution < 1.29 is 17.9 Å². The van der Waals surface area contributed by atoms with Crippen molar-refractivity contribution in [1.29, 1.82) is 0 Å². The third-order valence-corrected chi connectivity index (χ3v) is 6.35. The molecule has 6 heteroatoms. The average Bonchev–Trinajstić information content (AvgIpc) is 2.98. The first-order chi connectivity index (χ1) is 11.4. The SMILES string of the molecule is CC1CCC(O)(CS(=O)(=O)Cc2coc(-c3ccccc3)n2)CC1. The van der Waals surface area contributed by atoms with Crippen LogP contribution in [0.15, 0.2) is 41.0 Å². The first-order valence-corrected chi connectivity index (χ1v) is 10.1. The highest BCUT2D eigenvalue weighted by atomic mass is 32.2. The van der Waals surface area contributed by atoms with Crippen molar-refractivity contribution in [2.24, 2.45) is 5.92 Å². The van der Waals surface area contributed by atoms with E-state index in [1.165, 1.54) is 6.26 Å². The highest BCUT2D eigenvalue weighted by Crippen LogP contribution is 2.33. The van der Waals surface area contributed by atoms with Crippen molar-refractivity contribution in [1.82, 2.24) is 4.98 Å². The van der Waals surface area contributed by atoms with Gasteiger partial charge >= 0.3 is 0 Å². The summed E-state index contributed by atoms with van der Waals surface area (Å²) in [5.74, 6) is 0.546. The highest BCUT2D eigenvalue weighted by molar-refractivity contribution is 7.90. The Kier molecular flexibility index (Phi) is 4.78. The average molecular weight is 349 g/mol. The number of oxazole rings is 1. The molecule has 1 saturated carbocycles. The minimum absolute atomic E-state index is 0.207. The lowest BCUT2D eigenvalue weighted by atomic mass is 9.81. The predicted molar refractivity (Wildman–Crippen MR) is 92.0 cm³/mol. The summed E-state index contributed by atoms with van der Waals surface area (Å²) in [6.45, 7) is 2.13. The molecule has 1 aliphatic rings. The van der Waals surface area contributed by atoms with Gasteiger partial charge in [-0.2, -0.15) is 0 Å². The number of sulfone groups is 1. The minimum atomic E-state index is -3.45. The van der Waals surface area contributed by atoms with Crippen LogP contribution in [0.2, 0.25) is 0 Å². The molecule has 0 radical (unpaired) electrons. The van der Waals surface area contributed by atoms with E-state index in [1.807, 2.05) is 30.3 Å². The van der Waals surface area contributed by atoms with Crippen LogP contribution in [-0.2, 0) is 15.6 Å². The lowest BCUT2D eigenvalue weighted by Gasteiger charge is -2.34. The number of nitrogens with zero attached hydrogens (tertiary/aromatic N) is 1. The van der Waals surface area contributed by atoms with Gasteiger partial charge in [-0.15, -0.1) is 0 Å². The Morgan fingerprint density at radius 1 is 1.25 bits per heavy atom. The van der Waals surface area contributed by atoms with Gasteiger partial charge in [0.2, 0.25) is 5.89 Å². The quantitative estimate of drug-likeness (QED) is 0.896. The van der Waals surface area contributed by atoms with E-state index < -0.39 is 15.4 Å². The molecule has 0 bridgehead atoms. The molecular formula is C18H23NO4S. The maximum atomic E-state index is 12.5. The van der Waals surface area contributed by atoms with Gasteiger partial charge in [-0.3, -0.25) is 0 Å². The fourth-order valence-electron chi connectivity index (χ4n) is 3.22. The van der Waals surface area contributed by atoms with Crippen LogP contribution < -0.4 is 0 Å². The smallest absolute Gasteiger partial charge is 0.226 e. The zero-order chi connectivity index (χ0) is 17.2. The van der Waals surface area contributed by atoms with Gasteiger partial charge in [0.15, 0.2) is 9.84 Å². The molecular weight excluding hydrogens is 326 g/mol. The summed E-state index contributed by atoms with van der Waals surface area (Å²) < 4.78 is 30.3. The van der Waals surface area contributed by atoms with Gasteiger partial charge in [-0.25, -0.2) is 13.4 Å². The Hall–Kier alpha value is -1.66. The maximum absolute atomic E-state index is 12.5. The molecule has 1 aromatic carbocycles. The molecule has 3 rings (SSSR count). The molecule has 0 spiro atoms. The van der Waals surface area contributed by atoms with Gasteiger partial charge in [0.05, 0.1) is 22.8 Å². The molecule has 1 aliphatic carbocycles. The number of aliphatic hydroxyl groups is 1. The normalized spacial score (nSPS) is 24.8. The van der Waals surface area contributed by atoms with Gasteiger partial charge in [0.25, 0.3) is 0 Å². The second kappa shape index (κ2) is 6.69. The van der Waals surface area contributed by atoms with Gasteiger partial charge in [-0.1, -0.05) is 25.1 Å². The van der Waals surface area contributed by atoms with E-state index in [0.717, 1.165) is 18.4 Å². The van der Waals surface area contributed by atoms with Crippen molar-refractivity contribution in [3.63, 3.8) is 0 Å². The summed E-state index contributed by atoms with van der Waals surface area (Å²) in [4.78, 5) is 4.27. The molecule has 2 aromatic rings. The second-order valence-electron chi connectivity index (χ2n) is 6.95. The van der Waals surface area contributed by atoms with E-state index in [9.17, 15) is 13.5 Å². The number of rotatable bonds is 5. The highest BCUT2D eigenvalue weighted by Gasteiger charge is 2.36. The first kappa shape index (κ1) is 17.2. The maximum Gasteiger partial charge on any atom is 0.226 e. The van der Waals surface area contributed by atoms with Crippen molar-refractivity contribution in [2.75, 3.05) is 5.75 Å². The zero-order valence-corrected chi connectivity index (χ0v) is 14.6. The van der Waals surface area contributed by atoms with Gasteiger partial charge < -0.3 is 9.52 Å². The number of hydrogen-bond acceptors (Lipinski definition) is 5. The summed E-state index contributed by atoms with van der Waals surface area (Å²) in [6, 6.07) is 9.35. The molecule has 0 unspecified atom stereocenters. The summed E-state index contributed by atoms with van der Waals surface area (Å²) in [5.41, 5.74) is 0.0832. The fourth-order valence-corrected chi connectivity index (χ4v) is 5.01. The third kappa shape index (κ3) is 4.24. The van der Waals surface area contributed by atoms with Crippen molar-refractivity contribution >= 4 is 9.84 Å². The van der Waals surface area contributed by atoms with Gasteiger partial charge in [0.1, 0.15) is 6.26 Å². The summed E-state index contributed by atoms with van der Waals surface area (Å²) in [7, 11) is -3.45. The summed E-state index contributed by atoms with van der Waals surface area (Å²) in [5, 5.41) is 10.6. The summed E-state index contributed by atoms with van der Waals surface area (Å²) in [6.07, 6.45) is 4.21. The van der Waals surface area contributed by atoms with E-state index >= 15 is 0 Å². The zero-order valence-electron chi connectivity index (χ0n) is 13.8. The van der Waals surface area contributed by atoms with Crippen molar-refractivity contribution in [3.8, 4) is 11.5 Å². The molecule has 1 heterocycles. The fraction of sp³-hybridized carbons (Fsp3) is 0.500. The lowest BCUT2D eigenvalue weighted by Crippen LogP contribution is -2.40. The number of benzene rings is 1. The van der Waals surface area contributed by atoms with E-state index in [1.54, 1.807) is 0 Å². The molecule has 0 atom stereocenters. The first-order valence-electron chi connectivity index (χ1n) is 8.28. The van der Waals surface area contributed by atoms with Gasteiger partial charge in [0, 0.05) is 5.56 Å². The Morgan fingerprint density at radius 3 is 2.58 bits per heavy atom. The Bertz CT molecular complexity index is 774. The molecule has 0 amide bonds. The van der Waals surface area contributed by atoms with Crippen LogP contribution in [-0.4, -0.2) is 29.9 Å². The van der Waals surface area contributed by atoms with Crippen LogP contribution in [0.1, 0.15) is 38.3 Å². The molecule has 130 valence electrons. The topological polar surface area (TPSA) is 80.4 Å². The molecule has 1 N–H and O–H groups in total. The van der Waals surface area contributed by atoms with Crippen LogP contribution in [0.5, 0.6) is 0 Å². The Morgan fingerprint density at radius 2 is 1.92 bits per heavy atom. The number of hydrogen-bond donors (Lipinski definition) is 1. The minimum Gasteiger partial charge on any atom is -0.444 e. The Balaban J connectivity index is 1.68. The largest absolute Gasteiger partial charge is 0.444 e. The van der Waals surface area contributed by atoms with Gasteiger partial charge in [-0.05, 0) is 43.7 Å². The van der Waals surface area contributed by atoms with Crippen LogP contribution in [0.3, 0.4) is 0 Å². The van der Waals surface area contributed by atoms with Crippen LogP contribution >= 0.6 is 0 Å². The van der Waals surface area contributed by atoms with Crippen molar-refractivity contribution in [3.05, 3.63) is 42.3 Å². The van der Waals surface area contributed by atoms with Crippen molar-refractivity contribution in [2.45, 2.75) is 44.0 Å².